The Balaban J connectivity index is 1.47. The predicted octanol–water partition coefficient (Wildman–Crippen LogP) is 3.66. The van der Waals surface area contributed by atoms with Crippen LogP contribution in [0.5, 0.6) is 0 Å². The minimum absolute atomic E-state index is 0.187. The van der Waals surface area contributed by atoms with Crippen molar-refractivity contribution in [3.63, 3.8) is 0 Å². The third-order valence-corrected chi connectivity index (χ3v) is 5.25. The first-order valence-electron chi connectivity index (χ1n) is 9.08. The number of carbonyl (C=O) groups is 1. The molecule has 1 aromatic carbocycles. The molecule has 2 saturated carbocycles. The van der Waals surface area contributed by atoms with Gasteiger partial charge in [-0.15, -0.1) is 0 Å². The molecule has 4 rings (SSSR count). The maximum absolute atomic E-state index is 13.0. The van der Waals surface area contributed by atoms with Gasteiger partial charge in [0.2, 0.25) is 0 Å². The van der Waals surface area contributed by atoms with Gasteiger partial charge in [-0.1, -0.05) is 31.4 Å². The highest BCUT2D eigenvalue weighted by Crippen LogP contribution is 2.32. The Hall–Kier alpha value is -2.17. The van der Waals surface area contributed by atoms with Crippen molar-refractivity contribution in [1.29, 1.82) is 0 Å². The van der Waals surface area contributed by atoms with Gasteiger partial charge in [0.25, 0.3) is 5.91 Å². The standard InChI is InChI=1S/C19H24N4O/c24-19(16-8-6-15(7-9-16)18-20-13-21-22-18)23(17-10-11-17)12-14-4-2-1-3-5-14/h6-9,13-14,17H,1-5,10-12H2,(H,20,21,22). The van der Waals surface area contributed by atoms with Crippen LogP contribution in [0.2, 0.25) is 0 Å². The second-order valence-electron chi connectivity index (χ2n) is 7.10. The van der Waals surface area contributed by atoms with Gasteiger partial charge in [0.1, 0.15) is 6.33 Å². The first kappa shape index (κ1) is 15.4. The Morgan fingerprint density at radius 3 is 2.46 bits per heavy atom. The van der Waals surface area contributed by atoms with Gasteiger partial charge in [-0.2, -0.15) is 5.10 Å². The van der Waals surface area contributed by atoms with E-state index in [9.17, 15) is 4.79 Å². The zero-order chi connectivity index (χ0) is 16.4. The lowest BCUT2D eigenvalue weighted by Gasteiger charge is -2.30. The Morgan fingerprint density at radius 1 is 1.08 bits per heavy atom. The number of aromatic amines is 1. The Bertz CT molecular complexity index is 670. The molecule has 1 amide bonds. The molecule has 0 unspecified atom stereocenters. The molecule has 0 radical (unpaired) electrons. The van der Waals surface area contributed by atoms with Crippen molar-refractivity contribution < 1.29 is 4.79 Å². The number of carbonyl (C=O) groups excluding carboxylic acids is 1. The first-order valence-corrected chi connectivity index (χ1v) is 9.08. The fourth-order valence-corrected chi connectivity index (χ4v) is 3.71. The fraction of sp³-hybridized carbons (Fsp3) is 0.526. The number of nitrogens with one attached hydrogen (secondary N) is 1. The van der Waals surface area contributed by atoms with Crippen LogP contribution in [0.1, 0.15) is 55.3 Å². The summed E-state index contributed by atoms with van der Waals surface area (Å²) in [5, 5.41) is 6.72. The van der Waals surface area contributed by atoms with Gasteiger partial charge in [-0.25, -0.2) is 4.98 Å². The fourth-order valence-electron chi connectivity index (χ4n) is 3.71. The monoisotopic (exact) mass is 324 g/mol. The number of benzene rings is 1. The van der Waals surface area contributed by atoms with E-state index < -0.39 is 0 Å². The zero-order valence-electron chi connectivity index (χ0n) is 13.9. The van der Waals surface area contributed by atoms with Crippen LogP contribution in [0.4, 0.5) is 0 Å². The highest BCUT2D eigenvalue weighted by molar-refractivity contribution is 5.95. The largest absolute Gasteiger partial charge is 0.335 e. The number of nitrogens with zero attached hydrogens (tertiary/aromatic N) is 3. The molecule has 2 fully saturated rings. The molecule has 0 atom stereocenters. The summed E-state index contributed by atoms with van der Waals surface area (Å²) in [5.74, 6) is 1.61. The summed E-state index contributed by atoms with van der Waals surface area (Å²) < 4.78 is 0. The Labute approximate surface area is 142 Å². The van der Waals surface area contributed by atoms with E-state index in [4.69, 9.17) is 0 Å². The van der Waals surface area contributed by atoms with Crippen LogP contribution in [-0.4, -0.2) is 38.6 Å². The summed E-state index contributed by atoms with van der Waals surface area (Å²) in [4.78, 5) is 19.3. The van der Waals surface area contributed by atoms with E-state index in [1.54, 1.807) is 0 Å². The number of amides is 1. The van der Waals surface area contributed by atoms with Crippen molar-refractivity contribution in [2.75, 3.05) is 6.54 Å². The number of hydrogen-bond donors (Lipinski definition) is 1. The molecule has 0 spiro atoms. The topological polar surface area (TPSA) is 61.9 Å². The molecule has 5 nitrogen and oxygen atoms in total. The van der Waals surface area contributed by atoms with E-state index in [2.05, 4.69) is 20.1 Å². The first-order chi connectivity index (χ1) is 11.8. The third kappa shape index (κ3) is 3.35. The van der Waals surface area contributed by atoms with Crippen molar-refractivity contribution in [2.24, 2.45) is 5.92 Å². The van der Waals surface area contributed by atoms with Crippen molar-refractivity contribution in [1.82, 2.24) is 20.1 Å². The van der Waals surface area contributed by atoms with Gasteiger partial charge in [0, 0.05) is 23.7 Å². The smallest absolute Gasteiger partial charge is 0.254 e. The number of rotatable bonds is 5. The van der Waals surface area contributed by atoms with E-state index >= 15 is 0 Å². The molecule has 24 heavy (non-hydrogen) atoms. The van der Waals surface area contributed by atoms with Crippen LogP contribution in [-0.2, 0) is 0 Å². The zero-order valence-corrected chi connectivity index (χ0v) is 13.9. The van der Waals surface area contributed by atoms with Crippen LogP contribution in [0.25, 0.3) is 11.4 Å². The maximum atomic E-state index is 13.0. The summed E-state index contributed by atoms with van der Waals surface area (Å²) in [6, 6.07) is 8.18. The van der Waals surface area contributed by atoms with Crippen molar-refractivity contribution in [3.8, 4) is 11.4 Å². The molecule has 0 bridgehead atoms. The summed E-state index contributed by atoms with van der Waals surface area (Å²) in [5.41, 5.74) is 1.73. The predicted molar refractivity (Wildman–Crippen MR) is 92.5 cm³/mol. The average molecular weight is 324 g/mol. The summed E-state index contributed by atoms with van der Waals surface area (Å²) in [6.45, 7) is 0.938. The highest BCUT2D eigenvalue weighted by atomic mass is 16.2. The lowest BCUT2D eigenvalue weighted by Crippen LogP contribution is -2.37. The van der Waals surface area contributed by atoms with E-state index in [-0.39, 0.29) is 5.91 Å². The quantitative estimate of drug-likeness (QED) is 0.913. The van der Waals surface area contributed by atoms with Gasteiger partial charge in [-0.3, -0.25) is 9.89 Å². The van der Waals surface area contributed by atoms with Gasteiger partial charge < -0.3 is 4.90 Å². The SMILES string of the molecule is O=C(c1ccc(-c2ncn[nH]2)cc1)N(CC1CCCCC1)C1CC1. The molecule has 0 saturated heterocycles. The minimum Gasteiger partial charge on any atom is -0.335 e. The molecule has 2 aromatic rings. The Morgan fingerprint density at radius 2 is 1.83 bits per heavy atom. The average Bonchev–Trinajstić information content (AvgIpc) is 3.33. The number of H-pyrrole nitrogens is 1. The van der Waals surface area contributed by atoms with E-state index in [0.717, 1.165) is 36.3 Å². The van der Waals surface area contributed by atoms with Crippen molar-refractivity contribution in [3.05, 3.63) is 36.2 Å². The molecule has 5 heteroatoms. The lowest BCUT2D eigenvalue weighted by atomic mass is 9.88. The van der Waals surface area contributed by atoms with Crippen molar-refractivity contribution >= 4 is 5.91 Å². The molecule has 1 heterocycles. The van der Waals surface area contributed by atoms with Gasteiger partial charge in [0.05, 0.1) is 0 Å². The number of hydrogen-bond acceptors (Lipinski definition) is 3. The van der Waals surface area contributed by atoms with Crippen LogP contribution in [0.15, 0.2) is 30.6 Å². The third-order valence-electron chi connectivity index (χ3n) is 5.25. The van der Waals surface area contributed by atoms with E-state index in [0.29, 0.717) is 12.0 Å². The maximum Gasteiger partial charge on any atom is 0.254 e. The van der Waals surface area contributed by atoms with Crippen LogP contribution in [0, 0.1) is 5.92 Å². The van der Waals surface area contributed by atoms with E-state index in [1.807, 2.05) is 24.3 Å². The van der Waals surface area contributed by atoms with Gasteiger partial charge in [-0.05, 0) is 43.7 Å². The lowest BCUT2D eigenvalue weighted by molar-refractivity contribution is 0.0699. The highest BCUT2D eigenvalue weighted by Gasteiger charge is 2.34. The molecule has 126 valence electrons. The normalized spacial score (nSPS) is 18.5. The van der Waals surface area contributed by atoms with Gasteiger partial charge in [0.15, 0.2) is 5.82 Å². The summed E-state index contributed by atoms with van der Waals surface area (Å²) in [6.07, 6.45) is 10.4. The molecule has 2 aliphatic carbocycles. The minimum atomic E-state index is 0.187. The van der Waals surface area contributed by atoms with E-state index in [1.165, 1.54) is 38.4 Å². The molecular formula is C19H24N4O. The van der Waals surface area contributed by atoms with Gasteiger partial charge >= 0.3 is 0 Å². The molecule has 1 N–H and O–H groups in total. The van der Waals surface area contributed by atoms with Crippen LogP contribution in [0.3, 0.4) is 0 Å². The Kier molecular flexibility index (Phi) is 4.32. The van der Waals surface area contributed by atoms with Crippen LogP contribution >= 0.6 is 0 Å². The summed E-state index contributed by atoms with van der Waals surface area (Å²) >= 11 is 0. The molecule has 2 aliphatic rings. The van der Waals surface area contributed by atoms with Crippen LogP contribution < -0.4 is 0 Å². The second kappa shape index (κ2) is 6.75. The molecule has 0 aliphatic heterocycles. The summed E-state index contributed by atoms with van der Waals surface area (Å²) in [7, 11) is 0. The van der Waals surface area contributed by atoms with Crippen molar-refractivity contribution in [2.45, 2.75) is 51.0 Å². The second-order valence-corrected chi connectivity index (χ2v) is 7.10. The number of aromatic nitrogens is 3. The molecule has 1 aromatic heterocycles. The molecular weight excluding hydrogens is 300 g/mol.